The molecular weight excluding hydrogens is 320 g/mol. The Kier molecular flexibility index (Phi) is 3.72. The molecule has 8 nitrogen and oxygen atoms in total. The molecule has 0 saturated carbocycles. The summed E-state index contributed by atoms with van der Waals surface area (Å²) in [4.78, 5) is 40.0. The highest BCUT2D eigenvalue weighted by molar-refractivity contribution is 6.07. The molecule has 1 amide bonds. The Bertz CT molecular complexity index is 983. The maximum absolute atomic E-state index is 12.5. The van der Waals surface area contributed by atoms with E-state index in [1.54, 1.807) is 13.0 Å². The Labute approximate surface area is 143 Å². The van der Waals surface area contributed by atoms with Crippen LogP contribution in [0.4, 0.5) is 11.4 Å². The fourth-order valence-electron chi connectivity index (χ4n) is 3.10. The number of anilines is 2. The van der Waals surface area contributed by atoms with Gasteiger partial charge in [0.1, 0.15) is 5.82 Å². The standard InChI is InChI=1S/C17H18N6O2/c1-10-18-8-11(9-19-10)16(24)20-14-6-12-13(22-17(25)21-12)7-15(14)23-4-2-3-5-23/h6-9H,2-5H2,1H3,(H,20,24)(H2,21,22,25). The molecule has 128 valence electrons. The van der Waals surface area contributed by atoms with Gasteiger partial charge in [-0.2, -0.15) is 0 Å². The summed E-state index contributed by atoms with van der Waals surface area (Å²) < 4.78 is 0. The van der Waals surface area contributed by atoms with Crippen molar-refractivity contribution in [2.75, 3.05) is 23.3 Å². The van der Waals surface area contributed by atoms with E-state index in [0.29, 0.717) is 22.6 Å². The van der Waals surface area contributed by atoms with Gasteiger partial charge >= 0.3 is 5.69 Å². The van der Waals surface area contributed by atoms with Crippen LogP contribution in [0, 0.1) is 6.92 Å². The van der Waals surface area contributed by atoms with Gasteiger partial charge in [0.05, 0.1) is 28.0 Å². The summed E-state index contributed by atoms with van der Waals surface area (Å²) in [6, 6.07) is 3.69. The summed E-state index contributed by atoms with van der Waals surface area (Å²) in [6.07, 6.45) is 5.23. The van der Waals surface area contributed by atoms with E-state index < -0.39 is 0 Å². The molecule has 1 aliphatic rings. The number of hydrogen-bond donors (Lipinski definition) is 3. The third kappa shape index (κ3) is 2.98. The fourth-order valence-corrected chi connectivity index (χ4v) is 3.10. The second-order valence-electron chi connectivity index (χ2n) is 6.16. The van der Waals surface area contributed by atoms with Crippen LogP contribution in [0.25, 0.3) is 11.0 Å². The number of aromatic amines is 2. The molecule has 1 aromatic carbocycles. The first kappa shape index (κ1) is 15.4. The Hall–Kier alpha value is -3.16. The van der Waals surface area contributed by atoms with Gasteiger partial charge in [-0.3, -0.25) is 4.79 Å². The summed E-state index contributed by atoms with van der Waals surface area (Å²) in [6.45, 7) is 3.62. The number of imidazole rings is 1. The van der Waals surface area contributed by atoms with Gasteiger partial charge in [0.25, 0.3) is 5.91 Å². The van der Waals surface area contributed by atoms with Crippen molar-refractivity contribution in [1.82, 2.24) is 19.9 Å². The van der Waals surface area contributed by atoms with Gasteiger partial charge in [-0.1, -0.05) is 0 Å². The lowest BCUT2D eigenvalue weighted by atomic mass is 10.2. The average molecular weight is 338 g/mol. The van der Waals surface area contributed by atoms with Crippen molar-refractivity contribution >= 4 is 28.3 Å². The minimum Gasteiger partial charge on any atom is -0.370 e. The van der Waals surface area contributed by atoms with E-state index in [-0.39, 0.29) is 11.6 Å². The lowest BCUT2D eigenvalue weighted by Gasteiger charge is -2.21. The van der Waals surface area contributed by atoms with E-state index in [1.807, 2.05) is 6.07 Å². The highest BCUT2D eigenvalue weighted by atomic mass is 16.2. The SMILES string of the molecule is Cc1ncc(C(=O)Nc2cc3[nH]c(=O)[nH]c3cc2N2CCCC2)cn1. The molecule has 0 bridgehead atoms. The Morgan fingerprint density at radius 2 is 1.76 bits per heavy atom. The van der Waals surface area contributed by atoms with Gasteiger partial charge in [0.2, 0.25) is 0 Å². The molecule has 0 unspecified atom stereocenters. The molecule has 1 saturated heterocycles. The number of aryl methyl sites for hydroxylation is 1. The lowest BCUT2D eigenvalue weighted by molar-refractivity contribution is 0.102. The van der Waals surface area contributed by atoms with Crippen LogP contribution in [0.15, 0.2) is 29.3 Å². The number of nitrogens with one attached hydrogen (secondary N) is 3. The van der Waals surface area contributed by atoms with Crippen LogP contribution in [0.1, 0.15) is 29.0 Å². The molecule has 0 radical (unpaired) electrons. The van der Waals surface area contributed by atoms with Gasteiger partial charge in [0.15, 0.2) is 0 Å². The van der Waals surface area contributed by atoms with Crippen molar-refractivity contribution < 1.29 is 4.79 Å². The van der Waals surface area contributed by atoms with E-state index in [4.69, 9.17) is 0 Å². The predicted molar refractivity (Wildman–Crippen MR) is 95.1 cm³/mol. The minimum atomic E-state index is -0.280. The van der Waals surface area contributed by atoms with E-state index in [0.717, 1.165) is 37.1 Å². The van der Waals surface area contributed by atoms with Gasteiger partial charge in [-0.15, -0.1) is 0 Å². The quantitative estimate of drug-likeness (QED) is 0.675. The third-order valence-corrected chi connectivity index (χ3v) is 4.37. The molecule has 4 rings (SSSR count). The highest BCUT2D eigenvalue weighted by Crippen LogP contribution is 2.32. The molecule has 25 heavy (non-hydrogen) atoms. The van der Waals surface area contributed by atoms with Crippen LogP contribution >= 0.6 is 0 Å². The first-order chi connectivity index (χ1) is 12.1. The number of fused-ring (bicyclic) bond motifs is 1. The highest BCUT2D eigenvalue weighted by Gasteiger charge is 2.19. The molecule has 1 fully saturated rings. The van der Waals surface area contributed by atoms with Gasteiger partial charge in [0, 0.05) is 25.5 Å². The molecule has 1 aliphatic heterocycles. The monoisotopic (exact) mass is 338 g/mol. The molecule has 2 aromatic heterocycles. The Morgan fingerprint density at radius 3 is 2.44 bits per heavy atom. The van der Waals surface area contributed by atoms with Crippen LogP contribution < -0.4 is 15.9 Å². The maximum atomic E-state index is 12.5. The number of carbonyl (C=O) groups excluding carboxylic acids is 1. The number of rotatable bonds is 3. The van der Waals surface area contributed by atoms with Crippen LogP contribution in [0.2, 0.25) is 0 Å². The van der Waals surface area contributed by atoms with Gasteiger partial charge < -0.3 is 20.2 Å². The van der Waals surface area contributed by atoms with Crippen molar-refractivity contribution in [3.8, 4) is 0 Å². The minimum absolute atomic E-state index is 0.266. The van der Waals surface area contributed by atoms with Crippen molar-refractivity contribution in [3.63, 3.8) is 0 Å². The van der Waals surface area contributed by atoms with Crippen molar-refractivity contribution in [2.45, 2.75) is 19.8 Å². The number of amides is 1. The van der Waals surface area contributed by atoms with E-state index in [9.17, 15) is 9.59 Å². The van der Waals surface area contributed by atoms with Crippen LogP contribution in [0.3, 0.4) is 0 Å². The van der Waals surface area contributed by atoms with Crippen LogP contribution in [-0.2, 0) is 0 Å². The van der Waals surface area contributed by atoms with Gasteiger partial charge in [-0.05, 0) is 31.9 Å². The number of nitrogens with zero attached hydrogens (tertiary/aromatic N) is 3. The molecule has 0 atom stereocenters. The zero-order valence-corrected chi connectivity index (χ0v) is 13.8. The van der Waals surface area contributed by atoms with Crippen molar-refractivity contribution in [2.24, 2.45) is 0 Å². The summed E-state index contributed by atoms with van der Waals surface area (Å²) in [7, 11) is 0. The molecule has 0 aliphatic carbocycles. The fraction of sp³-hybridized carbons (Fsp3) is 0.294. The first-order valence-corrected chi connectivity index (χ1v) is 8.21. The number of benzene rings is 1. The normalized spacial score (nSPS) is 14.2. The summed E-state index contributed by atoms with van der Waals surface area (Å²) in [5.74, 6) is 0.332. The number of H-pyrrole nitrogens is 2. The smallest absolute Gasteiger partial charge is 0.323 e. The Morgan fingerprint density at radius 1 is 1.12 bits per heavy atom. The number of carbonyl (C=O) groups is 1. The van der Waals surface area contributed by atoms with E-state index in [1.165, 1.54) is 12.4 Å². The van der Waals surface area contributed by atoms with Crippen LogP contribution in [-0.4, -0.2) is 38.9 Å². The maximum Gasteiger partial charge on any atom is 0.323 e. The molecule has 3 heterocycles. The largest absolute Gasteiger partial charge is 0.370 e. The molecule has 3 aromatic rings. The molecule has 8 heteroatoms. The lowest BCUT2D eigenvalue weighted by Crippen LogP contribution is -2.21. The van der Waals surface area contributed by atoms with Crippen molar-refractivity contribution in [1.29, 1.82) is 0 Å². The van der Waals surface area contributed by atoms with Crippen LogP contribution in [0.5, 0.6) is 0 Å². The predicted octanol–water partition coefficient (Wildman–Crippen LogP) is 1.81. The molecule has 0 spiro atoms. The molecule has 3 N–H and O–H groups in total. The summed E-state index contributed by atoms with van der Waals surface area (Å²) >= 11 is 0. The average Bonchev–Trinajstić information content (AvgIpc) is 3.23. The number of aromatic nitrogens is 4. The van der Waals surface area contributed by atoms with Gasteiger partial charge in [-0.25, -0.2) is 14.8 Å². The third-order valence-electron chi connectivity index (χ3n) is 4.37. The zero-order chi connectivity index (χ0) is 17.4. The van der Waals surface area contributed by atoms with E-state index in [2.05, 4.69) is 30.2 Å². The first-order valence-electron chi connectivity index (χ1n) is 8.21. The summed E-state index contributed by atoms with van der Waals surface area (Å²) in [5.41, 5.74) is 3.07. The summed E-state index contributed by atoms with van der Waals surface area (Å²) in [5, 5.41) is 2.93. The van der Waals surface area contributed by atoms with E-state index >= 15 is 0 Å². The number of hydrogen-bond acceptors (Lipinski definition) is 5. The zero-order valence-electron chi connectivity index (χ0n) is 13.8. The topological polar surface area (TPSA) is 107 Å². The molecular formula is C17H18N6O2. The second-order valence-corrected chi connectivity index (χ2v) is 6.16. The van der Waals surface area contributed by atoms with Crippen molar-refractivity contribution in [3.05, 3.63) is 46.4 Å². The second kappa shape index (κ2) is 6.04. The Balaban J connectivity index is 1.73.